The molecule has 0 aliphatic carbocycles. The van der Waals surface area contributed by atoms with E-state index in [0.717, 1.165) is 23.6 Å². The molecule has 11 heavy (non-hydrogen) atoms. The predicted octanol–water partition coefficient (Wildman–Crippen LogP) is 2.08. The summed E-state index contributed by atoms with van der Waals surface area (Å²) in [6, 6.07) is 0. The van der Waals surface area contributed by atoms with E-state index in [1.54, 1.807) is 0 Å². The van der Waals surface area contributed by atoms with Crippen LogP contribution in [0, 0.1) is 0 Å². The summed E-state index contributed by atoms with van der Waals surface area (Å²) >= 11 is 3.83. The van der Waals surface area contributed by atoms with Crippen molar-refractivity contribution in [2.24, 2.45) is 0 Å². The number of thioether (sulfide) groups is 2. The lowest BCUT2D eigenvalue weighted by Crippen LogP contribution is -2.28. The van der Waals surface area contributed by atoms with E-state index < -0.39 is 0 Å². The van der Waals surface area contributed by atoms with Gasteiger partial charge in [0.15, 0.2) is 0 Å². The summed E-state index contributed by atoms with van der Waals surface area (Å²) in [5, 5.41) is 4.92. The molecule has 2 atom stereocenters. The molecule has 0 rings (SSSR count). The molecule has 0 aliphatic rings. The number of hydrogen-bond acceptors (Lipinski definition) is 3. The van der Waals surface area contributed by atoms with E-state index in [1.165, 1.54) is 0 Å². The molecule has 0 aliphatic heterocycles. The highest BCUT2D eigenvalue weighted by atomic mass is 32.2. The second-order valence-corrected chi connectivity index (χ2v) is 5.30. The van der Waals surface area contributed by atoms with Gasteiger partial charge in [0.25, 0.3) is 0 Å². The molecule has 1 nitrogen and oxygen atoms in total. The van der Waals surface area contributed by atoms with Gasteiger partial charge in [0.2, 0.25) is 0 Å². The van der Waals surface area contributed by atoms with E-state index in [9.17, 15) is 0 Å². The largest absolute Gasteiger partial charge is 0.315 e. The molecule has 0 fully saturated rings. The number of nitrogens with one attached hydrogen (secondary N) is 1. The lowest BCUT2D eigenvalue weighted by atomic mass is 10.4. The van der Waals surface area contributed by atoms with Crippen molar-refractivity contribution in [3.8, 4) is 0 Å². The fourth-order valence-corrected chi connectivity index (χ4v) is 1.23. The highest BCUT2D eigenvalue weighted by Gasteiger charge is 2.00. The van der Waals surface area contributed by atoms with Crippen molar-refractivity contribution in [1.29, 1.82) is 0 Å². The molecule has 0 aromatic rings. The maximum absolute atomic E-state index is 3.45. The van der Waals surface area contributed by atoms with Crippen LogP contribution in [0.15, 0.2) is 0 Å². The van der Waals surface area contributed by atoms with Gasteiger partial charge in [-0.1, -0.05) is 13.8 Å². The van der Waals surface area contributed by atoms with E-state index in [0.29, 0.717) is 0 Å². The first kappa shape index (κ1) is 11.7. The molecule has 0 aromatic heterocycles. The summed E-state index contributed by atoms with van der Waals surface area (Å²) in [6.45, 7) is 6.76. The lowest BCUT2D eigenvalue weighted by molar-refractivity contribution is 0.677. The van der Waals surface area contributed by atoms with Crippen molar-refractivity contribution in [1.82, 2.24) is 5.32 Å². The van der Waals surface area contributed by atoms with Crippen molar-refractivity contribution in [3.63, 3.8) is 0 Å². The Kier molecular flexibility index (Phi) is 7.76. The molecule has 0 aromatic carbocycles. The first-order valence-corrected chi connectivity index (χ1v) is 6.54. The zero-order chi connectivity index (χ0) is 8.69. The predicted molar refractivity (Wildman–Crippen MR) is 58.8 cm³/mol. The summed E-state index contributed by atoms with van der Waals surface area (Å²) in [5.74, 6) is 0. The molecule has 0 saturated carbocycles. The Hall–Kier alpha value is 0.660. The topological polar surface area (TPSA) is 12.0 Å². The van der Waals surface area contributed by atoms with Gasteiger partial charge in [0, 0.05) is 23.6 Å². The van der Waals surface area contributed by atoms with E-state index >= 15 is 0 Å². The number of rotatable bonds is 6. The lowest BCUT2D eigenvalue weighted by Gasteiger charge is -2.12. The van der Waals surface area contributed by atoms with Gasteiger partial charge >= 0.3 is 0 Å². The van der Waals surface area contributed by atoms with Gasteiger partial charge in [0.1, 0.15) is 0 Å². The van der Waals surface area contributed by atoms with Crippen molar-refractivity contribution >= 4 is 23.5 Å². The second kappa shape index (κ2) is 7.32. The molecule has 1 N–H and O–H groups in total. The van der Waals surface area contributed by atoms with Gasteiger partial charge < -0.3 is 5.32 Å². The van der Waals surface area contributed by atoms with Crippen LogP contribution in [-0.4, -0.2) is 36.1 Å². The van der Waals surface area contributed by atoms with Gasteiger partial charge in [0.05, 0.1) is 0 Å². The van der Waals surface area contributed by atoms with Crippen LogP contribution < -0.4 is 5.32 Å². The Morgan fingerprint density at radius 2 is 1.36 bits per heavy atom. The molecule has 0 saturated heterocycles. The minimum absolute atomic E-state index is 0.740. The molecule has 2 unspecified atom stereocenters. The summed E-state index contributed by atoms with van der Waals surface area (Å²) in [5.41, 5.74) is 0. The first-order chi connectivity index (χ1) is 5.20. The average molecular weight is 193 g/mol. The fourth-order valence-electron chi connectivity index (χ4n) is 0.657. The number of hydrogen-bond donors (Lipinski definition) is 1. The van der Waals surface area contributed by atoms with Gasteiger partial charge in [-0.15, -0.1) is 0 Å². The Bertz CT molecular complexity index is 78.2. The van der Waals surface area contributed by atoms with Crippen LogP contribution >= 0.6 is 23.5 Å². The van der Waals surface area contributed by atoms with Crippen LogP contribution in [0.3, 0.4) is 0 Å². The molecular weight excluding hydrogens is 174 g/mol. The smallest absolute Gasteiger partial charge is 0.0141 e. The molecule has 68 valence electrons. The fraction of sp³-hybridized carbons (Fsp3) is 1.00. The summed E-state index contributed by atoms with van der Waals surface area (Å²) in [4.78, 5) is 0. The van der Waals surface area contributed by atoms with Crippen LogP contribution in [0.4, 0.5) is 0 Å². The van der Waals surface area contributed by atoms with Crippen molar-refractivity contribution in [3.05, 3.63) is 0 Å². The molecule has 0 spiro atoms. The third-order valence-electron chi connectivity index (χ3n) is 1.67. The van der Waals surface area contributed by atoms with Crippen molar-refractivity contribution in [2.45, 2.75) is 24.3 Å². The average Bonchev–Trinajstić information content (AvgIpc) is 2.04. The van der Waals surface area contributed by atoms with Gasteiger partial charge in [-0.05, 0) is 12.5 Å². The summed E-state index contributed by atoms with van der Waals surface area (Å²) < 4.78 is 0. The Morgan fingerprint density at radius 1 is 1.00 bits per heavy atom. The Morgan fingerprint density at radius 3 is 1.64 bits per heavy atom. The van der Waals surface area contributed by atoms with E-state index in [2.05, 4.69) is 31.7 Å². The standard InChI is InChI=1S/C8H19NS2/c1-7(10-3)5-9-6-8(2)11-4/h7-9H,5-6H2,1-4H3. The van der Waals surface area contributed by atoms with Crippen LogP contribution in [0.2, 0.25) is 0 Å². The minimum atomic E-state index is 0.740. The Balaban J connectivity index is 3.13. The molecule has 3 heteroatoms. The monoisotopic (exact) mass is 193 g/mol. The van der Waals surface area contributed by atoms with Crippen LogP contribution in [0.1, 0.15) is 13.8 Å². The first-order valence-electron chi connectivity index (χ1n) is 3.97. The normalized spacial score (nSPS) is 16.4. The summed E-state index contributed by atoms with van der Waals surface area (Å²) in [6.07, 6.45) is 4.31. The van der Waals surface area contributed by atoms with Crippen molar-refractivity contribution in [2.75, 3.05) is 25.6 Å². The molecule has 0 heterocycles. The van der Waals surface area contributed by atoms with Gasteiger partial charge in [-0.2, -0.15) is 23.5 Å². The molecular formula is C8H19NS2. The second-order valence-electron chi connectivity index (χ2n) is 2.75. The van der Waals surface area contributed by atoms with E-state index in [-0.39, 0.29) is 0 Å². The zero-order valence-corrected chi connectivity index (χ0v) is 9.52. The SMILES string of the molecule is CSC(C)CNCC(C)SC. The maximum atomic E-state index is 3.45. The summed E-state index contributed by atoms with van der Waals surface area (Å²) in [7, 11) is 0. The van der Waals surface area contributed by atoms with Crippen LogP contribution in [-0.2, 0) is 0 Å². The van der Waals surface area contributed by atoms with Gasteiger partial charge in [-0.25, -0.2) is 0 Å². The van der Waals surface area contributed by atoms with Gasteiger partial charge in [-0.3, -0.25) is 0 Å². The molecule has 0 amide bonds. The zero-order valence-electron chi connectivity index (χ0n) is 7.89. The third-order valence-corrected chi connectivity index (χ3v) is 3.61. The van der Waals surface area contributed by atoms with E-state index in [4.69, 9.17) is 0 Å². The Labute approximate surface area is 79.1 Å². The van der Waals surface area contributed by atoms with Crippen LogP contribution in [0.5, 0.6) is 0 Å². The van der Waals surface area contributed by atoms with E-state index in [1.807, 2.05) is 23.5 Å². The quantitative estimate of drug-likeness (QED) is 0.694. The highest BCUT2D eigenvalue weighted by molar-refractivity contribution is 7.99. The van der Waals surface area contributed by atoms with Crippen LogP contribution in [0.25, 0.3) is 0 Å². The highest BCUT2D eigenvalue weighted by Crippen LogP contribution is 2.05. The molecule has 0 bridgehead atoms. The minimum Gasteiger partial charge on any atom is -0.315 e. The third kappa shape index (κ3) is 7.04. The maximum Gasteiger partial charge on any atom is 0.0141 e. The van der Waals surface area contributed by atoms with Crippen molar-refractivity contribution < 1.29 is 0 Å². The molecule has 0 radical (unpaired) electrons.